The zero-order valence-electron chi connectivity index (χ0n) is 10.2. The van der Waals surface area contributed by atoms with Crippen LogP contribution in [-0.4, -0.2) is 38.4 Å². The predicted octanol–water partition coefficient (Wildman–Crippen LogP) is 1.20. The van der Waals surface area contributed by atoms with Crippen molar-refractivity contribution in [1.82, 2.24) is 5.32 Å². The zero-order valence-corrected chi connectivity index (χ0v) is 10.2. The zero-order chi connectivity index (χ0) is 11.7. The Morgan fingerprint density at radius 1 is 1.20 bits per heavy atom. The quantitative estimate of drug-likeness (QED) is 0.621. The highest BCUT2D eigenvalue weighted by atomic mass is 16.5. The second-order valence-corrected chi connectivity index (χ2v) is 3.58. The van der Waals surface area contributed by atoms with Crippen LogP contribution in [0.4, 0.5) is 0 Å². The average Bonchev–Trinajstić information content (AvgIpc) is 2.18. The lowest BCUT2D eigenvalue weighted by Gasteiger charge is -2.15. The third-order valence-corrected chi connectivity index (χ3v) is 2.02. The van der Waals surface area contributed by atoms with E-state index in [1.165, 1.54) is 0 Å². The second-order valence-electron chi connectivity index (χ2n) is 3.58. The van der Waals surface area contributed by atoms with Crippen molar-refractivity contribution in [2.24, 2.45) is 5.92 Å². The van der Waals surface area contributed by atoms with Crippen LogP contribution in [0.2, 0.25) is 0 Å². The number of hydrogen-bond acceptors (Lipinski definition) is 4. The van der Waals surface area contributed by atoms with Crippen LogP contribution >= 0.6 is 0 Å². The minimum absolute atomic E-state index is 0.0984. The van der Waals surface area contributed by atoms with Gasteiger partial charge in [-0.3, -0.25) is 4.79 Å². The van der Waals surface area contributed by atoms with Gasteiger partial charge in [0, 0.05) is 19.7 Å². The Bertz CT molecular complexity index is 173. The molecule has 0 heterocycles. The van der Waals surface area contributed by atoms with Gasteiger partial charge >= 0.3 is 5.97 Å². The van der Waals surface area contributed by atoms with E-state index in [1.807, 2.05) is 27.7 Å². The molecule has 0 saturated carbocycles. The summed E-state index contributed by atoms with van der Waals surface area (Å²) in [7, 11) is 0. The van der Waals surface area contributed by atoms with Crippen molar-refractivity contribution in [2.75, 3.05) is 26.3 Å². The van der Waals surface area contributed by atoms with Gasteiger partial charge in [0.25, 0.3) is 0 Å². The lowest BCUT2D eigenvalue weighted by molar-refractivity contribution is -0.147. The lowest BCUT2D eigenvalue weighted by atomic mass is 10.2. The number of carbonyl (C=O) groups is 1. The molecule has 2 atom stereocenters. The van der Waals surface area contributed by atoms with Gasteiger partial charge in [0.15, 0.2) is 0 Å². The van der Waals surface area contributed by atoms with Crippen molar-refractivity contribution in [3.05, 3.63) is 0 Å². The molecule has 15 heavy (non-hydrogen) atoms. The summed E-state index contributed by atoms with van der Waals surface area (Å²) in [6.07, 6.45) is 0.185. The van der Waals surface area contributed by atoms with E-state index in [0.717, 1.165) is 13.2 Å². The fourth-order valence-corrected chi connectivity index (χ4v) is 1.21. The van der Waals surface area contributed by atoms with Crippen molar-refractivity contribution < 1.29 is 14.3 Å². The Morgan fingerprint density at radius 3 is 2.40 bits per heavy atom. The number of rotatable bonds is 8. The number of esters is 1. The van der Waals surface area contributed by atoms with E-state index in [4.69, 9.17) is 9.47 Å². The summed E-state index contributed by atoms with van der Waals surface area (Å²) >= 11 is 0. The molecule has 0 aliphatic carbocycles. The molecule has 0 aromatic heterocycles. The third-order valence-electron chi connectivity index (χ3n) is 2.02. The molecule has 4 heteroatoms. The summed E-state index contributed by atoms with van der Waals surface area (Å²) in [6.45, 7) is 10.2. The molecule has 0 rings (SSSR count). The Labute approximate surface area is 92.3 Å². The highest BCUT2D eigenvalue weighted by Crippen LogP contribution is 1.97. The van der Waals surface area contributed by atoms with E-state index in [2.05, 4.69) is 5.32 Å². The molecule has 0 radical (unpaired) electrons. The van der Waals surface area contributed by atoms with Crippen LogP contribution in [0.1, 0.15) is 27.7 Å². The topological polar surface area (TPSA) is 47.6 Å². The van der Waals surface area contributed by atoms with Gasteiger partial charge in [-0.25, -0.2) is 0 Å². The van der Waals surface area contributed by atoms with E-state index in [0.29, 0.717) is 13.2 Å². The van der Waals surface area contributed by atoms with Crippen LogP contribution in [0.15, 0.2) is 0 Å². The van der Waals surface area contributed by atoms with E-state index < -0.39 is 0 Å². The van der Waals surface area contributed by atoms with Gasteiger partial charge in [-0.2, -0.15) is 0 Å². The molecular weight excluding hydrogens is 194 g/mol. The maximum absolute atomic E-state index is 11.3. The van der Waals surface area contributed by atoms with Crippen molar-refractivity contribution in [3.8, 4) is 0 Å². The summed E-state index contributed by atoms with van der Waals surface area (Å²) in [5.41, 5.74) is 0. The molecule has 0 saturated heterocycles. The first-order valence-electron chi connectivity index (χ1n) is 5.60. The molecule has 2 unspecified atom stereocenters. The molecule has 0 spiro atoms. The summed E-state index contributed by atoms with van der Waals surface area (Å²) in [6, 6.07) is 0. The normalized spacial score (nSPS) is 14.7. The Morgan fingerprint density at radius 2 is 1.87 bits per heavy atom. The van der Waals surface area contributed by atoms with Crippen molar-refractivity contribution in [2.45, 2.75) is 33.8 Å². The molecule has 0 aliphatic rings. The highest BCUT2D eigenvalue weighted by molar-refractivity contribution is 5.72. The van der Waals surface area contributed by atoms with Crippen LogP contribution in [0, 0.1) is 5.92 Å². The van der Waals surface area contributed by atoms with Gasteiger partial charge in [-0.05, 0) is 20.8 Å². The van der Waals surface area contributed by atoms with Gasteiger partial charge in [-0.1, -0.05) is 6.92 Å². The summed E-state index contributed by atoms with van der Waals surface area (Å²) in [4.78, 5) is 11.3. The molecule has 1 N–H and O–H groups in total. The second kappa shape index (κ2) is 8.68. The minimum atomic E-state index is -0.144. The molecule has 0 aromatic rings. The SMILES string of the molecule is CCOC(=O)C(C)CNCC(C)OCC. The summed E-state index contributed by atoms with van der Waals surface area (Å²) in [5, 5.41) is 3.18. The van der Waals surface area contributed by atoms with Crippen molar-refractivity contribution in [1.29, 1.82) is 0 Å². The molecule has 4 nitrogen and oxygen atoms in total. The fourth-order valence-electron chi connectivity index (χ4n) is 1.21. The molecule has 0 bridgehead atoms. The highest BCUT2D eigenvalue weighted by Gasteiger charge is 2.13. The first-order valence-corrected chi connectivity index (χ1v) is 5.60. The monoisotopic (exact) mass is 217 g/mol. The first kappa shape index (κ1) is 14.4. The third kappa shape index (κ3) is 7.33. The predicted molar refractivity (Wildman–Crippen MR) is 59.8 cm³/mol. The maximum atomic E-state index is 11.3. The first-order chi connectivity index (χ1) is 7.11. The van der Waals surface area contributed by atoms with Crippen LogP contribution in [0.25, 0.3) is 0 Å². The minimum Gasteiger partial charge on any atom is -0.466 e. The molecule has 0 fully saturated rings. The van der Waals surface area contributed by atoms with Crippen molar-refractivity contribution in [3.63, 3.8) is 0 Å². The summed E-state index contributed by atoms with van der Waals surface area (Å²) < 4.78 is 10.3. The molecule has 0 aromatic carbocycles. The smallest absolute Gasteiger partial charge is 0.309 e. The molecule has 90 valence electrons. The van der Waals surface area contributed by atoms with E-state index >= 15 is 0 Å². The van der Waals surface area contributed by atoms with E-state index in [9.17, 15) is 4.79 Å². The molecular formula is C11H23NO3. The largest absolute Gasteiger partial charge is 0.466 e. The Balaban J connectivity index is 3.53. The molecule has 0 amide bonds. The van der Waals surface area contributed by atoms with Crippen molar-refractivity contribution >= 4 is 5.97 Å². The Kier molecular flexibility index (Phi) is 8.33. The number of ether oxygens (including phenoxy) is 2. The standard InChI is InChI=1S/C11H23NO3/c1-5-14-10(4)8-12-7-9(3)11(13)15-6-2/h9-10,12H,5-8H2,1-4H3. The van der Waals surface area contributed by atoms with Gasteiger partial charge in [0.05, 0.1) is 18.6 Å². The van der Waals surface area contributed by atoms with Gasteiger partial charge in [0.1, 0.15) is 0 Å². The average molecular weight is 217 g/mol. The van der Waals surface area contributed by atoms with E-state index in [1.54, 1.807) is 0 Å². The van der Waals surface area contributed by atoms with Crippen LogP contribution < -0.4 is 5.32 Å². The lowest BCUT2D eigenvalue weighted by Crippen LogP contribution is -2.33. The molecule has 0 aliphatic heterocycles. The fraction of sp³-hybridized carbons (Fsp3) is 0.909. The van der Waals surface area contributed by atoms with Gasteiger partial charge < -0.3 is 14.8 Å². The Hall–Kier alpha value is -0.610. The van der Waals surface area contributed by atoms with Crippen LogP contribution in [-0.2, 0) is 14.3 Å². The number of carbonyl (C=O) groups excluding carboxylic acids is 1. The van der Waals surface area contributed by atoms with Gasteiger partial charge in [0.2, 0.25) is 0 Å². The summed E-state index contributed by atoms with van der Waals surface area (Å²) in [5.74, 6) is -0.243. The van der Waals surface area contributed by atoms with E-state index in [-0.39, 0.29) is 18.0 Å². The van der Waals surface area contributed by atoms with Crippen LogP contribution in [0.5, 0.6) is 0 Å². The number of nitrogens with one attached hydrogen (secondary N) is 1. The number of hydrogen-bond donors (Lipinski definition) is 1. The van der Waals surface area contributed by atoms with Gasteiger partial charge in [-0.15, -0.1) is 0 Å². The van der Waals surface area contributed by atoms with Crippen LogP contribution in [0.3, 0.4) is 0 Å². The maximum Gasteiger partial charge on any atom is 0.309 e.